The minimum atomic E-state index is -0.688. The van der Waals surface area contributed by atoms with Crippen molar-refractivity contribution in [3.63, 3.8) is 0 Å². The Hall–Kier alpha value is -0.850. The van der Waals surface area contributed by atoms with Crippen molar-refractivity contribution in [2.75, 3.05) is 26.8 Å². The van der Waals surface area contributed by atoms with Gasteiger partial charge in [-0.1, -0.05) is 13.3 Å². The number of nitrogens with two attached hydrogens (primary N) is 1. The Morgan fingerprint density at radius 3 is 2.78 bits per heavy atom. The van der Waals surface area contributed by atoms with Crippen LogP contribution in [0.2, 0.25) is 0 Å². The molecule has 0 aromatic heterocycles. The molecule has 0 saturated carbocycles. The van der Waals surface area contributed by atoms with E-state index in [9.17, 15) is 9.59 Å². The molecule has 0 spiro atoms. The summed E-state index contributed by atoms with van der Waals surface area (Å²) >= 11 is 0. The Kier molecular flexibility index (Phi) is 7.90. The number of halogens is 1. The first kappa shape index (κ1) is 17.2. The van der Waals surface area contributed by atoms with Crippen LogP contribution in [0, 0.1) is 0 Å². The zero-order valence-corrected chi connectivity index (χ0v) is 11.6. The van der Waals surface area contributed by atoms with Gasteiger partial charge in [-0.05, 0) is 6.42 Å². The number of carbonyl (C=O) groups excluding carboxylic acids is 2. The SMILES string of the molecule is CCCC(N)C(=O)N1CCOC(C(=O)OC)C1.Cl. The lowest BCUT2D eigenvalue weighted by atomic mass is 10.1. The van der Waals surface area contributed by atoms with E-state index >= 15 is 0 Å². The Bertz CT molecular complexity index is 288. The summed E-state index contributed by atoms with van der Waals surface area (Å²) in [5, 5.41) is 0. The summed E-state index contributed by atoms with van der Waals surface area (Å²) in [4.78, 5) is 24.8. The summed E-state index contributed by atoms with van der Waals surface area (Å²) in [6.07, 6.45) is 0.822. The molecule has 1 amide bonds. The van der Waals surface area contributed by atoms with Gasteiger partial charge in [0.15, 0.2) is 6.10 Å². The van der Waals surface area contributed by atoms with Crippen molar-refractivity contribution in [3.05, 3.63) is 0 Å². The minimum Gasteiger partial charge on any atom is -0.467 e. The quantitative estimate of drug-likeness (QED) is 0.730. The average Bonchev–Trinajstić information content (AvgIpc) is 2.37. The number of nitrogens with zero attached hydrogens (tertiary/aromatic N) is 1. The third-order valence-electron chi connectivity index (χ3n) is 2.76. The van der Waals surface area contributed by atoms with Crippen LogP contribution in [0.3, 0.4) is 0 Å². The third-order valence-corrected chi connectivity index (χ3v) is 2.76. The van der Waals surface area contributed by atoms with Gasteiger partial charge in [0, 0.05) is 6.54 Å². The van der Waals surface area contributed by atoms with Crippen LogP contribution in [-0.4, -0.2) is 55.7 Å². The average molecular weight is 281 g/mol. The number of hydrogen-bond acceptors (Lipinski definition) is 5. The lowest BCUT2D eigenvalue weighted by molar-refractivity contribution is -0.162. The molecule has 1 saturated heterocycles. The Morgan fingerprint density at radius 1 is 1.56 bits per heavy atom. The minimum absolute atomic E-state index is 0. The van der Waals surface area contributed by atoms with Gasteiger partial charge < -0.3 is 20.1 Å². The standard InChI is InChI=1S/C11H20N2O4.ClH/c1-3-4-8(12)10(14)13-5-6-17-9(7-13)11(15)16-2;/h8-9H,3-7,12H2,1-2H3;1H. The second kappa shape index (κ2) is 8.29. The van der Waals surface area contributed by atoms with Crippen molar-refractivity contribution < 1.29 is 19.1 Å². The monoisotopic (exact) mass is 280 g/mol. The molecule has 18 heavy (non-hydrogen) atoms. The van der Waals surface area contributed by atoms with Crippen LogP contribution in [-0.2, 0) is 19.1 Å². The molecular formula is C11H21ClN2O4. The van der Waals surface area contributed by atoms with Gasteiger partial charge in [-0.2, -0.15) is 0 Å². The molecule has 0 aromatic carbocycles. The molecule has 7 heteroatoms. The second-order valence-corrected chi connectivity index (χ2v) is 4.06. The first-order valence-electron chi connectivity index (χ1n) is 5.84. The van der Waals surface area contributed by atoms with E-state index in [2.05, 4.69) is 4.74 Å². The van der Waals surface area contributed by atoms with Crippen LogP contribution in [0.1, 0.15) is 19.8 Å². The molecule has 0 aliphatic carbocycles. The first-order valence-corrected chi connectivity index (χ1v) is 5.84. The predicted octanol–water partition coefficient (Wildman–Crippen LogP) is -0.0640. The zero-order chi connectivity index (χ0) is 12.8. The summed E-state index contributed by atoms with van der Waals surface area (Å²) in [7, 11) is 1.30. The molecule has 0 aromatic rings. The molecule has 1 aliphatic rings. The maximum atomic E-state index is 11.9. The van der Waals surface area contributed by atoms with Crippen LogP contribution in [0.15, 0.2) is 0 Å². The highest BCUT2D eigenvalue weighted by Gasteiger charge is 2.31. The van der Waals surface area contributed by atoms with Gasteiger partial charge in [-0.3, -0.25) is 4.79 Å². The lowest BCUT2D eigenvalue weighted by Gasteiger charge is -2.33. The van der Waals surface area contributed by atoms with Gasteiger partial charge in [-0.15, -0.1) is 12.4 Å². The fourth-order valence-electron chi connectivity index (χ4n) is 1.79. The van der Waals surface area contributed by atoms with Gasteiger partial charge in [-0.25, -0.2) is 4.79 Å². The number of hydrogen-bond donors (Lipinski definition) is 1. The molecule has 1 heterocycles. The molecule has 0 radical (unpaired) electrons. The Morgan fingerprint density at radius 2 is 2.22 bits per heavy atom. The molecule has 1 rings (SSSR count). The van der Waals surface area contributed by atoms with Crippen molar-refractivity contribution in [3.8, 4) is 0 Å². The number of morpholine rings is 1. The van der Waals surface area contributed by atoms with E-state index in [0.29, 0.717) is 19.6 Å². The molecule has 2 atom stereocenters. The first-order chi connectivity index (χ1) is 8.10. The highest BCUT2D eigenvalue weighted by Crippen LogP contribution is 2.09. The molecule has 1 aliphatic heterocycles. The molecule has 0 bridgehead atoms. The summed E-state index contributed by atoms with van der Waals surface area (Å²) in [5.41, 5.74) is 5.76. The maximum absolute atomic E-state index is 11.9. The fraction of sp³-hybridized carbons (Fsp3) is 0.818. The van der Waals surface area contributed by atoms with Crippen molar-refractivity contribution in [2.45, 2.75) is 31.9 Å². The van der Waals surface area contributed by atoms with Crippen molar-refractivity contribution in [2.24, 2.45) is 5.73 Å². The number of rotatable bonds is 4. The topological polar surface area (TPSA) is 81.9 Å². The lowest BCUT2D eigenvalue weighted by Crippen LogP contribution is -2.53. The van der Waals surface area contributed by atoms with Gasteiger partial charge >= 0.3 is 5.97 Å². The number of amides is 1. The Labute approximate surface area is 113 Å². The summed E-state index contributed by atoms with van der Waals surface area (Å²) < 4.78 is 9.83. The van der Waals surface area contributed by atoms with E-state index in [4.69, 9.17) is 10.5 Å². The highest BCUT2D eigenvalue weighted by molar-refractivity contribution is 5.85. The van der Waals surface area contributed by atoms with Crippen molar-refractivity contribution in [1.82, 2.24) is 4.90 Å². The maximum Gasteiger partial charge on any atom is 0.336 e. The summed E-state index contributed by atoms with van der Waals surface area (Å²) in [6.45, 7) is 3.01. The number of esters is 1. The number of ether oxygens (including phenoxy) is 2. The van der Waals surface area contributed by atoms with E-state index in [1.807, 2.05) is 6.92 Å². The fourth-order valence-corrected chi connectivity index (χ4v) is 1.79. The van der Waals surface area contributed by atoms with E-state index in [-0.39, 0.29) is 24.9 Å². The summed E-state index contributed by atoms with van der Waals surface area (Å²) in [6, 6.07) is -0.489. The van der Waals surface area contributed by atoms with Crippen LogP contribution < -0.4 is 5.73 Å². The molecule has 2 unspecified atom stereocenters. The van der Waals surface area contributed by atoms with Crippen LogP contribution in [0.25, 0.3) is 0 Å². The van der Waals surface area contributed by atoms with Crippen LogP contribution >= 0.6 is 12.4 Å². The van der Waals surface area contributed by atoms with Gasteiger partial charge in [0.2, 0.25) is 5.91 Å². The molecular weight excluding hydrogens is 260 g/mol. The van der Waals surface area contributed by atoms with Gasteiger partial charge in [0.1, 0.15) is 0 Å². The Balaban J connectivity index is 0.00000289. The zero-order valence-electron chi connectivity index (χ0n) is 10.8. The van der Waals surface area contributed by atoms with E-state index in [0.717, 1.165) is 6.42 Å². The largest absolute Gasteiger partial charge is 0.467 e. The van der Waals surface area contributed by atoms with Crippen LogP contribution in [0.4, 0.5) is 0 Å². The van der Waals surface area contributed by atoms with Crippen LogP contribution in [0.5, 0.6) is 0 Å². The van der Waals surface area contributed by atoms with Crippen molar-refractivity contribution >= 4 is 24.3 Å². The summed E-state index contributed by atoms with van der Waals surface area (Å²) in [5.74, 6) is -0.574. The number of methoxy groups -OCH3 is 1. The smallest absolute Gasteiger partial charge is 0.336 e. The molecule has 2 N–H and O–H groups in total. The predicted molar refractivity (Wildman–Crippen MR) is 68.5 cm³/mol. The second-order valence-electron chi connectivity index (χ2n) is 4.06. The van der Waals surface area contributed by atoms with Crippen molar-refractivity contribution in [1.29, 1.82) is 0 Å². The third kappa shape index (κ3) is 4.44. The van der Waals surface area contributed by atoms with Gasteiger partial charge in [0.05, 0.1) is 26.3 Å². The van der Waals surface area contributed by atoms with E-state index in [1.54, 1.807) is 4.90 Å². The van der Waals surface area contributed by atoms with Gasteiger partial charge in [0.25, 0.3) is 0 Å². The van der Waals surface area contributed by atoms with E-state index < -0.39 is 18.1 Å². The normalized spacial score (nSPS) is 20.8. The highest BCUT2D eigenvalue weighted by atomic mass is 35.5. The number of carbonyl (C=O) groups is 2. The molecule has 1 fully saturated rings. The van der Waals surface area contributed by atoms with E-state index in [1.165, 1.54) is 7.11 Å². The molecule has 106 valence electrons. The molecule has 6 nitrogen and oxygen atoms in total.